The standard InChI is InChI=1S/C15H17N5O/c1-4-21-15-7-12(20(2)3)6-5-11(15)10-19-14(9-17)13(18)8-16/h5-7,10H,4,18H2,1-3H3/b14-13-,19-10?. The SMILES string of the molecule is CCOc1cc(N(C)C)ccc1C=N/C(C#N)=C(\N)C#N. The summed E-state index contributed by atoms with van der Waals surface area (Å²) in [4.78, 5) is 5.91. The average Bonchev–Trinajstić information content (AvgIpc) is 2.48. The Morgan fingerprint density at radius 3 is 2.62 bits per heavy atom. The van der Waals surface area contributed by atoms with Gasteiger partial charge in [-0.15, -0.1) is 0 Å². The van der Waals surface area contributed by atoms with Crippen LogP contribution in [0.2, 0.25) is 0 Å². The van der Waals surface area contributed by atoms with Crippen molar-refractivity contribution in [3.8, 4) is 17.9 Å². The zero-order valence-corrected chi connectivity index (χ0v) is 12.3. The molecule has 0 aliphatic carbocycles. The van der Waals surface area contributed by atoms with Crippen LogP contribution in [0.15, 0.2) is 34.6 Å². The number of benzene rings is 1. The highest BCUT2D eigenvalue weighted by atomic mass is 16.5. The van der Waals surface area contributed by atoms with Crippen LogP contribution < -0.4 is 15.4 Å². The molecule has 6 nitrogen and oxygen atoms in total. The highest BCUT2D eigenvalue weighted by molar-refractivity contribution is 5.85. The number of hydrogen-bond acceptors (Lipinski definition) is 6. The number of anilines is 1. The minimum absolute atomic E-state index is 0.114. The van der Waals surface area contributed by atoms with E-state index in [0.29, 0.717) is 17.9 Å². The van der Waals surface area contributed by atoms with Crippen LogP contribution >= 0.6 is 0 Å². The molecular weight excluding hydrogens is 266 g/mol. The zero-order chi connectivity index (χ0) is 15.8. The van der Waals surface area contributed by atoms with Gasteiger partial charge in [0.2, 0.25) is 0 Å². The third kappa shape index (κ3) is 4.26. The minimum Gasteiger partial charge on any atom is -0.493 e. The van der Waals surface area contributed by atoms with Crippen LogP contribution in [0.3, 0.4) is 0 Å². The number of ether oxygens (including phenoxy) is 1. The molecule has 0 spiro atoms. The molecular formula is C15H17N5O. The van der Waals surface area contributed by atoms with Gasteiger partial charge < -0.3 is 15.4 Å². The van der Waals surface area contributed by atoms with Gasteiger partial charge in [-0.3, -0.25) is 0 Å². The van der Waals surface area contributed by atoms with Gasteiger partial charge >= 0.3 is 0 Å². The molecule has 2 N–H and O–H groups in total. The van der Waals surface area contributed by atoms with Gasteiger partial charge in [0.1, 0.15) is 23.6 Å². The quantitative estimate of drug-likeness (QED) is 0.656. The van der Waals surface area contributed by atoms with Crippen molar-refractivity contribution >= 4 is 11.9 Å². The summed E-state index contributed by atoms with van der Waals surface area (Å²) in [5.41, 5.74) is 6.77. The molecule has 0 bridgehead atoms. The van der Waals surface area contributed by atoms with E-state index < -0.39 is 0 Å². The summed E-state index contributed by atoms with van der Waals surface area (Å²) >= 11 is 0. The van der Waals surface area contributed by atoms with Crippen molar-refractivity contribution in [2.45, 2.75) is 6.92 Å². The Kier molecular flexibility index (Phi) is 5.79. The van der Waals surface area contributed by atoms with E-state index in [0.717, 1.165) is 5.69 Å². The molecule has 108 valence electrons. The predicted octanol–water partition coefficient (Wildman–Crippen LogP) is 1.79. The molecule has 0 aromatic heterocycles. The van der Waals surface area contributed by atoms with Crippen molar-refractivity contribution in [3.05, 3.63) is 35.2 Å². The van der Waals surface area contributed by atoms with E-state index in [4.69, 9.17) is 21.0 Å². The lowest BCUT2D eigenvalue weighted by atomic mass is 10.2. The fraction of sp³-hybridized carbons (Fsp3) is 0.267. The third-order valence-electron chi connectivity index (χ3n) is 2.63. The second kappa shape index (κ2) is 7.56. The smallest absolute Gasteiger partial charge is 0.174 e. The van der Waals surface area contributed by atoms with E-state index in [-0.39, 0.29) is 11.4 Å². The van der Waals surface area contributed by atoms with Crippen molar-refractivity contribution in [3.63, 3.8) is 0 Å². The number of nitriles is 2. The molecule has 0 saturated carbocycles. The minimum atomic E-state index is -0.211. The van der Waals surface area contributed by atoms with Crippen LogP contribution in [0.5, 0.6) is 5.75 Å². The molecule has 0 radical (unpaired) electrons. The lowest BCUT2D eigenvalue weighted by Crippen LogP contribution is -2.09. The Labute approximate surface area is 124 Å². The molecule has 0 unspecified atom stereocenters. The molecule has 21 heavy (non-hydrogen) atoms. The summed E-state index contributed by atoms with van der Waals surface area (Å²) in [6.07, 6.45) is 1.47. The molecule has 1 aromatic rings. The molecule has 0 heterocycles. The van der Waals surface area contributed by atoms with Gasteiger partial charge in [0.25, 0.3) is 0 Å². The van der Waals surface area contributed by atoms with E-state index >= 15 is 0 Å². The maximum absolute atomic E-state index is 8.90. The summed E-state index contributed by atoms with van der Waals surface area (Å²) in [6.45, 7) is 2.40. The van der Waals surface area contributed by atoms with E-state index in [9.17, 15) is 0 Å². The van der Waals surface area contributed by atoms with Crippen LogP contribution in [0, 0.1) is 22.7 Å². The Morgan fingerprint density at radius 1 is 1.38 bits per heavy atom. The summed E-state index contributed by atoms with van der Waals surface area (Å²) < 4.78 is 5.57. The first kappa shape index (κ1) is 16.1. The fourth-order valence-electron chi connectivity index (χ4n) is 1.53. The Morgan fingerprint density at radius 2 is 2.10 bits per heavy atom. The number of aliphatic imine (C=N–C) groups is 1. The van der Waals surface area contributed by atoms with E-state index in [2.05, 4.69) is 4.99 Å². The van der Waals surface area contributed by atoms with E-state index in [1.807, 2.05) is 44.1 Å². The number of nitrogens with zero attached hydrogens (tertiary/aromatic N) is 4. The molecule has 1 aromatic carbocycles. The Balaban J connectivity index is 3.20. The third-order valence-corrected chi connectivity index (χ3v) is 2.63. The van der Waals surface area contributed by atoms with Gasteiger partial charge in [0.05, 0.1) is 6.61 Å². The average molecular weight is 283 g/mol. The molecule has 0 aliphatic rings. The second-order valence-electron chi connectivity index (χ2n) is 4.29. The van der Waals surface area contributed by atoms with Crippen LogP contribution in [0.4, 0.5) is 5.69 Å². The lowest BCUT2D eigenvalue weighted by Gasteiger charge is -2.15. The van der Waals surface area contributed by atoms with Crippen LogP contribution in [0.25, 0.3) is 0 Å². The molecule has 6 heteroatoms. The maximum atomic E-state index is 8.90. The van der Waals surface area contributed by atoms with Crippen molar-refractivity contribution < 1.29 is 4.74 Å². The maximum Gasteiger partial charge on any atom is 0.174 e. The summed E-state index contributed by atoms with van der Waals surface area (Å²) in [7, 11) is 3.87. The molecule has 0 amide bonds. The van der Waals surface area contributed by atoms with Gasteiger partial charge in [-0.1, -0.05) is 0 Å². The molecule has 0 fully saturated rings. The number of hydrogen-bond donors (Lipinski definition) is 1. The summed E-state index contributed by atoms with van der Waals surface area (Å²) in [5, 5.41) is 17.6. The zero-order valence-electron chi connectivity index (χ0n) is 12.3. The fourth-order valence-corrected chi connectivity index (χ4v) is 1.53. The predicted molar refractivity (Wildman–Crippen MR) is 82.0 cm³/mol. The Bertz CT molecular complexity index is 647. The number of rotatable bonds is 5. The monoisotopic (exact) mass is 283 g/mol. The van der Waals surface area contributed by atoms with Crippen LogP contribution in [-0.4, -0.2) is 26.9 Å². The molecule has 0 saturated heterocycles. The Hall–Kier alpha value is -2.99. The summed E-state index contributed by atoms with van der Waals surface area (Å²) in [5.74, 6) is 0.653. The first-order valence-corrected chi connectivity index (χ1v) is 6.31. The van der Waals surface area contributed by atoms with E-state index in [1.165, 1.54) is 6.21 Å². The normalized spacial score (nSPS) is 11.5. The van der Waals surface area contributed by atoms with Crippen molar-refractivity contribution in [1.82, 2.24) is 0 Å². The summed E-state index contributed by atoms with van der Waals surface area (Å²) in [6, 6.07) is 9.12. The molecule has 1 rings (SSSR count). The molecule has 0 atom stereocenters. The molecule has 0 aliphatic heterocycles. The first-order chi connectivity index (χ1) is 10.0. The van der Waals surface area contributed by atoms with Gasteiger partial charge in [0, 0.05) is 37.6 Å². The van der Waals surface area contributed by atoms with E-state index in [1.54, 1.807) is 12.1 Å². The number of nitrogens with two attached hydrogens (primary N) is 1. The van der Waals surface area contributed by atoms with Gasteiger partial charge in [-0.2, -0.15) is 10.5 Å². The van der Waals surface area contributed by atoms with Gasteiger partial charge in [-0.05, 0) is 19.1 Å². The van der Waals surface area contributed by atoms with Crippen molar-refractivity contribution in [2.24, 2.45) is 10.7 Å². The highest BCUT2D eigenvalue weighted by Crippen LogP contribution is 2.24. The first-order valence-electron chi connectivity index (χ1n) is 6.31. The lowest BCUT2D eigenvalue weighted by molar-refractivity contribution is 0.340. The van der Waals surface area contributed by atoms with Gasteiger partial charge in [-0.25, -0.2) is 4.99 Å². The van der Waals surface area contributed by atoms with Crippen LogP contribution in [0.1, 0.15) is 12.5 Å². The number of allylic oxidation sites excluding steroid dienone is 2. The highest BCUT2D eigenvalue weighted by Gasteiger charge is 2.06. The van der Waals surface area contributed by atoms with Crippen molar-refractivity contribution in [2.75, 3.05) is 25.6 Å². The topological polar surface area (TPSA) is 98.4 Å². The van der Waals surface area contributed by atoms with Gasteiger partial charge in [0.15, 0.2) is 5.70 Å². The second-order valence-corrected chi connectivity index (χ2v) is 4.29. The van der Waals surface area contributed by atoms with Crippen molar-refractivity contribution in [1.29, 1.82) is 10.5 Å². The van der Waals surface area contributed by atoms with Crippen LogP contribution in [-0.2, 0) is 0 Å². The largest absolute Gasteiger partial charge is 0.493 e.